The molecule has 0 spiro atoms. The second-order valence-electron chi connectivity index (χ2n) is 8.06. The number of anilines is 1. The van der Waals surface area contributed by atoms with Crippen LogP contribution in [0.25, 0.3) is 22.2 Å². The van der Waals surface area contributed by atoms with Gasteiger partial charge in [0.25, 0.3) is 5.56 Å². The molecule has 0 saturated heterocycles. The van der Waals surface area contributed by atoms with Crippen molar-refractivity contribution in [3.05, 3.63) is 33.4 Å². The number of hydrogen-bond acceptors (Lipinski definition) is 9. The lowest BCUT2D eigenvalue weighted by atomic mass is 10.3. The predicted molar refractivity (Wildman–Crippen MR) is 129 cm³/mol. The largest absolute Gasteiger partial charge is 0.367 e. The number of rotatable bonds is 8. The van der Waals surface area contributed by atoms with Crippen molar-refractivity contribution in [2.24, 2.45) is 14.1 Å². The van der Waals surface area contributed by atoms with Gasteiger partial charge in [-0.25, -0.2) is 24.4 Å². The number of amides is 1. The molecule has 4 rings (SSSR count). The molecule has 180 valence electrons. The summed E-state index contributed by atoms with van der Waals surface area (Å²) in [5.41, 5.74) is 0.144. The van der Waals surface area contributed by atoms with Crippen LogP contribution in [0.15, 0.2) is 27.3 Å². The predicted octanol–water partition coefficient (Wildman–Crippen LogP) is -0.0680. The van der Waals surface area contributed by atoms with Crippen LogP contribution in [0.4, 0.5) is 5.82 Å². The Labute approximate surface area is 198 Å². The Hall–Kier alpha value is -3.68. The molecule has 0 saturated carbocycles. The van der Waals surface area contributed by atoms with Gasteiger partial charge in [-0.2, -0.15) is 5.10 Å². The van der Waals surface area contributed by atoms with Crippen LogP contribution in [0.3, 0.4) is 0 Å². The molecule has 0 bridgehead atoms. The quantitative estimate of drug-likeness (QED) is 0.258. The number of nitrogens with zero attached hydrogens (tertiary/aromatic N) is 8. The van der Waals surface area contributed by atoms with Gasteiger partial charge in [0, 0.05) is 26.7 Å². The van der Waals surface area contributed by atoms with Gasteiger partial charge in [-0.3, -0.25) is 18.7 Å². The number of carbonyl (C=O) groups is 1. The second-order valence-corrected chi connectivity index (χ2v) is 8.84. The van der Waals surface area contributed by atoms with Gasteiger partial charge in [0.2, 0.25) is 5.91 Å². The molecule has 0 aliphatic heterocycles. The van der Waals surface area contributed by atoms with Crippen molar-refractivity contribution in [1.82, 2.24) is 43.8 Å². The molecule has 0 aromatic carbocycles. The monoisotopic (exact) mass is 486 g/mol. The molecule has 1 amide bonds. The Morgan fingerprint density at radius 1 is 1.15 bits per heavy atom. The summed E-state index contributed by atoms with van der Waals surface area (Å²) in [5.74, 6) is 0.427. The molecule has 34 heavy (non-hydrogen) atoms. The number of nitrogens with one attached hydrogen (secondary N) is 2. The number of aromatic nitrogens is 8. The van der Waals surface area contributed by atoms with Gasteiger partial charge in [0.15, 0.2) is 22.0 Å². The zero-order valence-electron chi connectivity index (χ0n) is 19.6. The standard InChI is InChI=1S/C20H26N10O3S/c1-11(2)24-15-12-8-23-30(16(12)26-19(25-15)34-5)7-6-21-13(31)9-29-10-22-17-14(29)18(32)28(4)20(33)27(17)3/h8,10-11H,6-7,9H2,1-5H3,(H,21,31)(H,24,25,26). The smallest absolute Gasteiger partial charge is 0.332 e. The Morgan fingerprint density at radius 2 is 1.91 bits per heavy atom. The molecular formula is C20H26N10O3S. The fourth-order valence-corrected chi connectivity index (χ4v) is 3.96. The summed E-state index contributed by atoms with van der Waals surface area (Å²) in [5, 5.41) is 12.0. The number of carbonyl (C=O) groups excluding carboxylic acids is 1. The molecule has 0 radical (unpaired) electrons. The maximum Gasteiger partial charge on any atom is 0.332 e. The first kappa shape index (κ1) is 23.5. The van der Waals surface area contributed by atoms with Gasteiger partial charge < -0.3 is 15.2 Å². The minimum absolute atomic E-state index is 0.106. The van der Waals surface area contributed by atoms with Crippen molar-refractivity contribution in [2.45, 2.75) is 38.1 Å². The molecule has 0 atom stereocenters. The van der Waals surface area contributed by atoms with Crippen molar-refractivity contribution in [3.63, 3.8) is 0 Å². The van der Waals surface area contributed by atoms with Crippen molar-refractivity contribution >= 4 is 45.7 Å². The van der Waals surface area contributed by atoms with Crippen LogP contribution < -0.4 is 21.9 Å². The summed E-state index contributed by atoms with van der Waals surface area (Å²) in [4.78, 5) is 50.4. The van der Waals surface area contributed by atoms with Crippen LogP contribution in [0, 0.1) is 0 Å². The lowest BCUT2D eigenvalue weighted by Gasteiger charge is -2.11. The Balaban J connectivity index is 1.48. The highest BCUT2D eigenvalue weighted by atomic mass is 32.2. The van der Waals surface area contributed by atoms with Crippen LogP contribution in [-0.4, -0.2) is 63.2 Å². The number of hydrogen-bond donors (Lipinski definition) is 2. The fraction of sp³-hybridized carbons (Fsp3) is 0.450. The molecule has 0 fully saturated rings. The van der Waals surface area contributed by atoms with Crippen molar-refractivity contribution < 1.29 is 4.79 Å². The van der Waals surface area contributed by atoms with Crippen LogP contribution in [0.2, 0.25) is 0 Å². The first-order valence-electron chi connectivity index (χ1n) is 10.6. The minimum atomic E-state index is -0.499. The van der Waals surface area contributed by atoms with Gasteiger partial charge in [-0.1, -0.05) is 11.8 Å². The maximum atomic E-state index is 12.6. The third kappa shape index (κ3) is 4.27. The zero-order valence-corrected chi connectivity index (χ0v) is 20.4. The van der Waals surface area contributed by atoms with E-state index in [-0.39, 0.29) is 29.7 Å². The molecule has 14 heteroatoms. The first-order valence-corrected chi connectivity index (χ1v) is 11.8. The topological polar surface area (TPSA) is 147 Å². The zero-order chi connectivity index (χ0) is 24.6. The number of fused-ring (bicyclic) bond motifs is 2. The molecule has 2 N–H and O–H groups in total. The molecular weight excluding hydrogens is 460 g/mol. The average molecular weight is 487 g/mol. The molecule has 0 unspecified atom stereocenters. The van der Waals surface area contributed by atoms with Crippen LogP contribution in [0.1, 0.15) is 13.8 Å². The Kier molecular flexibility index (Phi) is 6.41. The molecule has 0 aliphatic rings. The van der Waals surface area contributed by atoms with Gasteiger partial charge in [0.05, 0.1) is 24.5 Å². The summed E-state index contributed by atoms with van der Waals surface area (Å²) in [6, 6.07) is 0.203. The van der Waals surface area contributed by atoms with E-state index in [0.29, 0.717) is 23.9 Å². The summed E-state index contributed by atoms with van der Waals surface area (Å²) in [7, 11) is 2.92. The third-order valence-electron chi connectivity index (χ3n) is 5.26. The van der Waals surface area contributed by atoms with E-state index in [1.54, 1.807) is 10.9 Å². The van der Waals surface area contributed by atoms with E-state index < -0.39 is 11.2 Å². The normalized spacial score (nSPS) is 11.6. The van der Waals surface area contributed by atoms with E-state index >= 15 is 0 Å². The molecule has 0 aliphatic carbocycles. The number of imidazole rings is 1. The van der Waals surface area contributed by atoms with Crippen molar-refractivity contribution in [3.8, 4) is 0 Å². The van der Waals surface area contributed by atoms with E-state index in [0.717, 1.165) is 15.8 Å². The minimum Gasteiger partial charge on any atom is -0.367 e. The summed E-state index contributed by atoms with van der Waals surface area (Å²) in [6.45, 7) is 4.68. The lowest BCUT2D eigenvalue weighted by molar-refractivity contribution is -0.121. The highest BCUT2D eigenvalue weighted by Gasteiger charge is 2.17. The van der Waals surface area contributed by atoms with E-state index in [2.05, 4.69) is 30.7 Å². The highest BCUT2D eigenvalue weighted by molar-refractivity contribution is 7.98. The van der Waals surface area contributed by atoms with Gasteiger partial charge in [0.1, 0.15) is 12.4 Å². The Morgan fingerprint density at radius 3 is 2.62 bits per heavy atom. The van der Waals surface area contributed by atoms with E-state index in [1.165, 1.54) is 41.3 Å². The van der Waals surface area contributed by atoms with Gasteiger partial charge in [-0.05, 0) is 20.1 Å². The Bertz CT molecular complexity index is 1500. The molecule has 4 heterocycles. The maximum absolute atomic E-state index is 12.6. The van der Waals surface area contributed by atoms with E-state index in [9.17, 15) is 14.4 Å². The van der Waals surface area contributed by atoms with Crippen LogP contribution in [0.5, 0.6) is 0 Å². The van der Waals surface area contributed by atoms with Crippen LogP contribution >= 0.6 is 11.8 Å². The second kappa shape index (κ2) is 9.29. The average Bonchev–Trinajstić information content (AvgIpc) is 3.40. The fourth-order valence-electron chi connectivity index (χ4n) is 3.60. The van der Waals surface area contributed by atoms with E-state index in [1.807, 2.05) is 20.1 Å². The van der Waals surface area contributed by atoms with Gasteiger partial charge >= 0.3 is 5.69 Å². The number of aryl methyl sites for hydroxylation is 1. The molecule has 13 nitrogen and oxygen atoms in total. The van der Waals surface area contributed by atoms with Crippen molar-refractivity contribution in [1.29, 1.82) is 0 Å². The third-order valence-corrected chi connectivity index (χ3v) is 5.81. The molecule has 4 aromatic rings. The number of thioether (sulfide) groups is 1. The highest BCUT2D eigenvalue weighted by Crippen LogP contribution is 2.23. The van der Waals surface area contributed by atoms with Crippen molar-refractivity contribution in [2.75, 3.05) is 18.1 Å². The van der Waals surface area contributed by atoms with Gasteiger partial charge in [-0.15, -0.1) is 0 Å². The summed E-state index contributed by atoms with van der Waals surface area (Å²) in [6.07, 6.45) is 5.01. The summed E-state index contributed by atoms with van der Waals surface area (Å²) < 4.78 is 5.44. The lowest BCUT2D eigenvalue weighted by Crippen LogP contribution is -2.38. The summed E-state index contributed by atoms with van der Waals surface area (Å²) >= 11 is 1.44. The molecule has 4 aromatic heterocycles. The SMILES string of the molecule is CSc1nc(NC(C)C)c2cnn(CCNC(=O)Cn3cnc4c3c(=O)n(C)c(=O)n4C)c2n1. The van der Waals surface area contributed by atoms with E-state index in [4.69, 9.17) is 0 Å². The van der Waals surface area contributed by atoms with Crippen LogP contribution in [-0.2, 0) is 32.0 Å². The first-order chi connectivity index (χ1) is 16.2.